The van der Waals surface area contributed by atoms with E-state index in [2.05, 4.69) is 25.6 Å². The van der Waals surface area contributed by atoms with E-state index in [0.717, 1.165) is 11.4 Å². The first kappa shape index (κ1) is 19.1. The highest BCUT2D eigenvalue weighted by atomic mass is 16.5. The van der Waals surface area contributed by atoms with Gasteiger partial charge >= 0.3 is 0 Å². The first-order valence-corrected chi connectivity index (χ1v) is 9.43. The van der Waals surface area contributed by atoms with Gasteiger partial charge in [0.2, 0.25) is 0 Å². The number of hydrogen-bond donors (Lipinski definition) is 2. The Morgan fingerprint density at radius 3 is 2.50 bits per heavy atom. The zero-order valence-corrected chi connectivity index (χ0v) is 16.3. The normalized spacial score (nSPS) is 10.4. The summed E-state index contributed by atoms with van der Waals surface area (Å²) in [5, 5.41) is 6.11. The summed E-state index contributed by atoms with van der Waals surface area (Å²) in [6, 6.07) is 16.3. The molecule has 0 aliphatic carbocycles. The van der Waals surface area contributed by atoms with Crippen LogP contribution in [-0.2, 0) is 0 Å². The molecule has 0 radical (unpaired) electrons. The average Bonchev–Trinajstić information content (AvgIpc) is 3.31. The van der Waals surface area contributed by atoms with Crippen LogP contribution in [0.15, 0.2) is 79.6 Å². The second kappa shape index (κ2) is 8.87. The van der Waals surface area contributed by atoms with Gasteiger partial charge in [0.1, 0.15) is 30.0 Å². The van der Waals surface area contributed by atoms with Crippen LogP contribution >= 0.6 is 0 Å². The van der Waals surface area contributed by atoms with Crippen molar-refractivity contribution in [1.29, 1.82) is 0 Å². The molecule has 0 aliphatic rings. The number of carbonyl (C=O) groups excluding carboxylic acids is 1. The molecule has 2 heterocycles. The lowest BCUT2D eigenvalue weighted by Gasteiger charge is -2.09. The highest BCUT2D eigenvalue weighted by Gasteiger charge is 2.07. The largest absolute Gasteiger partial charge is 0.494 e. The van der Waals surface area contributed by atoms with Gasteiger partial charge in [-0.05, 0) is 55.5 Å². The number of amides is 1. The van der Waals surface area contributed by atoms with Crippen molar-refractivity contribution in [3.05, 3.63) is 85.2 Å². The minimum absolute atomic E-state index is 0.181. The van der Waals surface area contributed by atoms with Crippen molar-refractivity contribution < 1.29 is 9.53 Å². The summed E-state index contributed by atoms with van der Waals surface area (Å²) in [6.45, 7) is 2.51. The molecule has 4 rings (SSSR count). The minimum atomic E-state index is -0.181. The summed E-state index contributed by atoms with van der Waals surface area (Å²) >= 11 is 0. The molecule has 0 saturated carbocycles. The molecule has 2 aromatic carbocycles. The van der Waals surface area contributed by atoms with Crippen LogP contribution in [0, 0.1) is 0 Å². The van der Waals surface area contributed by atoms with Crippen LogP contribution in [0.1, 0.15) is 17.3 Å². The number of nitrogens with one attached hydrogen (secondary N) is 2. The number of rotatable bonds is 7. The van der Waals surface area contributed by atoms with Crippen molar-refractivity contribution in [1.82, 2.24) is 19.5 Å². The van der Waals surface area contributed by atoms with Gasteiger partial charge in [-0.2, -0.15) is 0 Å². The van der Waals surface area contributed by atoms with Crippen LogP contribution in [-0.4, -0.2) is 32.0 Å². The summed E-state index contributed by atoms with van der Waals surface area (Å²) < 4.78 is 7.20. The molecule has 2 N–H and O–H groups in total. The Morgan fingerprint density at radius 1 is 1.03 bits per heavy atom. The summed E-state index contributed by atoms with van der Waals surface area (Å²) in [5.41, 5.74) is 2.10. The Balaban J connectivity index is 1.39. The lowest BCUT2D eigenvalue weighted by Crippen LogP contribution is -2.11. The van der Waals surface area contributed by atoms with Crippen LogP contribution < -0.4 is 15.4 Å². The van der Waals surface area contributed by atoms with E-state index in [1.807, 2.05) is 43.5 Å². The summed E-state index contributed by atoms with van der Waals surface area (Å²) in [5.74, 6) is 1.93. The third kappa shape index (κ3) is 4.61. The second-order valence-electron chi connectivity index (χ2n) is 6.35. The number of imidazole rings is 1. The molecular formula is C22H20N6O2. The molecule has 0 spiro atoms. The molecule has 8 nitrogen and oxygen atoms in total. The monoisotopic (exact) mass is 400 g/mol. The van der Waals surface area contributed by atoms with E-state index < -0.39 is 0 Å². The number of ether oxygens (including phenoxy) is 1. The number of hydrogen-bond acceptors (Lipinski definition) is 6. The minimum Gasteiger partial charge on any atom is -0.494 e. The molecule has 0 unspecified atom stereocenters. The molecule has 0 saturated heterocycles. The van der Waals surface area contributed by atoms with E-state index in [4.69, 9.17) is 4.74 Å². The molecule has 8 heteroatoms. The highest BCUT2D eigenvalue weighted by Crippen LogP contribution is 2.20. The number of anilines is 3. The first-order chi connectivity index (χ1) is 14.7. The number of aromatic nitrogens is 4. The van der Waals surface area contributed by atoms with E-state index in [9.17, 15) is 4.79 Å². The van der Waals surface area contributed by atoms with Gasteiger partial charge < -0.3 is 15.4 Å². The van der Waals surface area contributed by atoms with E-state index in [-0.39, 0.29) is 5.91 Å². The molecule has 1 amide bonds. The van der Waals surface area contributed by atoms with Crippen molar-refractivity contribution in [2.45, 2.75) is 6.92 Å². The van der Waals surface area contributed by atoms with Gasteiger partial charge in [0, 0.05) is 35.4 Å². The average molecular weight is 400 g/mol. The fourth-order valence-corrected chi connectivity index (χ4v) is 2.81. The highest BCUT2D eigenvalue weighted by molar-refractivity contribution is 6.04. The van der Waals surface area contributed by atoms with Crippen LogP contribution in [0.5, 0.6) is 5.75 Å². The third-order valence-corrected chi connectivity index (χ3v) is 4.26. The van der Waals surface area contributed by atoms with Gasteiger partial charge in [-0.15, -0.1) is 0 Å². The van der Waals surface area contributed by atoms with Crippen molar-refractivity contribution in [2.75, 3.05) is 17.2 Å². The third-order valence-electron chi connectivity index (χ3n) is 4.26. The van der Waals surface area contributed by atoms with Crippen LogP contribution in [0.4, 0.5) is 17.2 Å². The second-order valence-corrected chi connectivity index (χ2v) is 6.35. The fraction of sp³-hybridized carbons (Fsp3) is 0.0909. The lowest BCUT2D eigenvalue weighted by molar-refractivity contribution is 0.102. The molecule has 4 aromatic rings. The summed E-state index contributed by atoms with van der Waals surface area (Å²) in [6.07, 6.45) is 6.67. The van der Waals surface area contributed by atoms with Crippen LogP contribution in [0.3, 0.4) is 0 Å². The van der Waals surface area contributed by atoms with Crippen molar-refractivity contribution in [3.63, 3.8) is 0 Å². The van der Waals surface area contributed by atoms with E-state index in [1.54, 1.807) is 41.4 Å². The topological polar surface area (TPSA) is 94.0 Å². The van der Waals surface area contributed by atoms with Crippen LogP contribution in [0.2, 0.25) is 0 Å². The molecule has 150 valence electrons. The molecule has 0 bridgehead atoms. The predicted molar refractivity (Wildman–Crippen MR) is 114 cm³/mol. The van der Waals surface area contributed by atoms with Gasteiger partial charge in [-0.3, -0.25) is 9.36 Å². The molecule has 0 aliphatic heterocycles. The fourth-order valence-electron chi connectivity index (χ4n) is 2.81. The van der Waals surface area contributed by atoms with Gasteiger partial charge in [-0.25, -0.2) is 15.0 Å². The van der Waals surface area contributed by atoms with Crippen LogP contribution in [0.25, 0.3) is 5.82 Å². The summed E-state index contributed by atoms with van der Waals surface area (Å²) in [4.78, 5) is 24.9. The lowest BCUT2D eigenvalue weighted by atomic mass is 10.2. The van der Waals surface area contributed by atoms with Gasteiger partial charge in [0.15, 0.2) is 0 Å². The van der Waals surface area contributed by atoms with Gasteiger partial charge in [-0.1, -0.05) is 0 Å². The molecule has 0 atom stereocenters. The molecular weight excluding hydrogens is 380 g/mol. The van der Waals surface area contributed by atoms with Crippen molar-refractivity contribution in [3.8, 4) is 11.6 Å². The number of nitrogens with zero attached hydrogens (tertiary/aromatic N) is 4. The molecule has 2 aromatic heterocycles. The first-order valence-electron chi connectivity index (χ1n) is 9.43. The Hall–Kier alpha value is -4.20. The molecule has 30 heavy (non-hydrogen) atoms. The number of carbonyl (C=O) groups is 1. The van der Waals surface area contributed by atoms with Gasteiger partial charge in [0.25, 0.3) is 5.91 Å². The standard InChI is InChI=1S/C22H20N6O2/c1-2-30-19-9-3-16(4-10-19)22(29)27-18-7-5-17(6-8-18)26-20-13-21(25-14-24-20)28-12-11-23-15-28/h3-15H,2H2,1H3,(H,27,29)(H,24,25,26). The Bertz CT molecular complexity index is 1110. The predicted octanol–water partition coefficient (Wildman–Crippen LogP) is 4.06. The maximum atomic E-state index is 12.4. The Morgan fingerprint density at radius 2 is 1.80 bits per heavy atom. The SMILES string of the molecule is CCOc1ccc(C(=O)Nc2ccc(Nc3cc(-n4ccnc4)ncn3)cc2)cc1. The van der Waals surface area contributed by atoms with Gasteiger partial charge in [0.05, 0.1) is 6.61 Å². The molecule has 0 fully saturated rings. The van der Waals surface area contributed by atoms with E-state index >= 15 is 0 Å². The van der Waals surface area contributed by atoms with E-state index in [1.165, 1.54) is 6.33 Å². The zero-order chi connectivity index (χ0) is 20.8. The van der Waals surface area contributed by atoms with Crippen molar-refractivity contribution >= 4 is 23.1 Å². The van der Waals surface area contributed by atoms with E-state index in [0.29, 0.717) is 29.5 Å². The maximum Gasteiger partial charge on any atom is 0.255 e. The summed E-state index contributed by atoms with van der Waals surface area (Å²) in [7, 11) is 0. The zero-order valence-electron chi connectivity index (χ0n) is 16.3. The smallest absolute Gasteiger partial charge is 0.255 e. The maximum absolute atomic E-state index is 12.4. The quantitative estimate of drug-likeness (QED) is 0.486. The Kier molecular flexibility index (Phi) is 5.66. The Labute approximate surface area is 173 Å². The number of benzene rings is 2. The van der Waals surface area contributed by atoms with Crippen molar-refractivity contribution in [2.24, 2.45) is 0 Å².